The predicted molar refractivity (Wildman–Crippen MR) is 67.9 cm³/mol. The van der Waals surface area contributed by atoms with Crippen LogP contribution in [0, 0.1) is 0 Å². The number of nitrogens with one attached hydrogen (secondary N) is 1. The minimum Gasteiger partial charge on any atom is -0.316 e. The van der Waals surface area contributed by atoms with Crippen LogP contribution in [0.1, 0.15) is 18.4 Å². The van der Waals surface area contributed by atoms with E-state index in [0.717, 1.165) is 19.5 Å². The molecule has 0 aliphatic carbocycles. The van der Waals surface area contributed by atoms with Gasteiger partial charge in [-0.3, -0.25) is 4.68 Å². The van der Waals surface area contributed by atoms with Crippen LogP contribution in [0.2, 0.25) is 0 Å². The summed E-state index contributed by atoms with van der Waals surface area (Å²) >= 11 is 2.42. The molecule has 1 aromatic rings. The maximum absolute atomic E-state index is 4.13. The molecule has 0 amide bonds. The zero-order valence-corrected chi connectivity index (χ0v) is 10.8. The lowest BCUT2D eigenvalue weighted by atomic mass is 10.2. The van der Waals surface area contributed by atoms with Crippen molar-refractivity contribution >= 4 is 22.6 Å². The minimum atomic E-state index is 1.06. The van der Waals surface area contributed by atoms with Crippen molar-refractivity contribution in [1.82, 2.24) is 15.1 Å². The van der Waals surface area contributed by atoms with Crippen LogP contribution in [0.5, 0.6) is 0 Å². The molecule has 4 heteroatoms. The van der Waals surface area contributed by atoms with Crippen molar-refractivity contribution in [2.45, 2.75) is 19.3 Å². The molecule has 3 nitrogen and oxygen atoms in total. The molecule has 0 fully saturated rings. The molecule has 0 spiro atoms. The number of unbranched alkanes of at least 4 members (excludes halogenated alkanes) is 1. The molecule has 1 N–H and O–H groups in total. The predicted octanol–water partition coefficient (Wildman–Crippen LogP) is 1.77. The molecule has 0 unspecified atom stereocenters. The first kappa shape index (κ1) is 12.0. The van der Waals surface area contributed by atoms with Gasteiger partial charge >= 0.3 is 0 Å². The van der Waals surface area contributed by atoms with E-state index in [0.29, 0.717) is 0 Å². The number of hydrogen-bond acceptors (Lipinski definition) is 2. The summed E-state index contributed by atoms with van der Waals surface area (Å²) in [6.07, 6.45) is 7.70. The third-order valence-electron chi connectivity index (χ3n) is 2.09. The van der Waals surface area contributed by atoms with Crippen molar-refractivity contribution in [3.8, 4) is 0 Å². The highest BCUT2D eigenvalue weighted by Gasteiger charge is 1.95. The molecule has 1 aromatic heterocycles. The monoisotopic (exact) mass is 307 g/mol. The van der Waals surface area contributed by atoms with Gasteiger partial charge in [0.25, 0.3) is 0 Å². The fourth-order valence-corrected chi connectivity index (χ4v) is 1.84. The maximum atomic E-state index is 4.13. The average Bonchev–Trinajstić information content (AvgIpc) is 2.58. The lowest BCUT2D eigenvalue weighted by molar-refractivity contribution is 0.644. The molecule has 0 aliphatic rings. The Labute approximate surface area is 99.4 Å². The van der Waals surface area contributed by atoms with Crippen LogP contribution in [0.15, 0.2) is 12.4 Å². The van der Waals surface area contributed by atoms with Gasteiger partial charge in [0.15, 0.2) is 0 Å². The first-order valence-electron chi connectivity index (χ1n) is 5.07. The average molecular weight is 307 g/mol. The SMILES string of the molecule is Cn1cc(CCNCCCCI)cn1. The number of nitrogens with zero attached hydrogens (tertiary/aromatic N) is 2. The van der Waals surface area contributed by atoms with Gasteiger partial charge in [-0.05, 0) is 42.3 Å². The van der Waals surface area contributed by atoms with Gasteiger partial charge in [0.05, 0.1) is 6.20 Å². The van der Waals surface area contributed by atoms with Crippen LogP contribution in [0.25, 0.3) is 0 Å². The highest BCUT2D eigenvalue weighted by atomic mass is 127. The molecule has 14 heavy (non-hydrogen) atoms. The molecule has 0 saturated carbocycles. The lowest BCUT2D eigenvalue weighted by Crippen LogP contribution is -2.18. The molecular formula is C10H18IN3. The number of aryl methyl sites for hydroxylation is 1. The van der Waals surface area contributed by atoms with Crippen molar-refractivity contribution in [2.75, 3.05) is 17.5 Å². The smallest absolute Gasteiger partial charge is 0.0522 e. The Morgan fingerprint density at radius 1 is 1.43 bits per heavy atom. The fraction of sp³-hybridized carbons (Fsp3) is 0.700. The van der Waals surface area contributed by atoms with Crippen molar-refractivity contribution in [3.05, 3.63) is 18.0 Å². The summed E-state index contributed by atoms with van der Waals surface area (Å²) in [6, 6.07) is 0. The molecule has 80 valence electrons. The molecular weight excluding hydrogens is 289 g/mol. The number of aromatic nitrogens is 2. The van der Waals surface area contributed by atoms with Crippen LogP contribution < -0.4 is 5.32 Å². The normalized spacial score (nSPS) is 10.7. The third-order valence-corrected chi connectivity index (χ3v) is 2.85. The van der Waals surface area contributed by atoms with E-state index >= 15 is 0 Å². The summed E-state index contributed by atoms with van der Waals surface area (Å²) in [4.78, 5) is 0. The molecule has 0 radical (unpaired) electrons. The second kappa shape index (κ2) is 7.23. The van der Waals surface area contributed by atoms with Crippen LogP contribution in [0.3, 0.4) is 0 Å². The standard InChI is InChI=1S/C10H18IN3/c1-14-9-10(8-13-14)4-7-12-6-3-2-5-11/h8-9,12H,2-7H2,1H3. The Kier molecular flexibility index (Phi) is 6.18. The Bertz CT molecular complexity index is 247. The number of hydrogen-bond donors (Lipinski definition) is 1. The Morgan fingerprint density at radius 3 is 2.93 bits per heavy atom. The topological polar surface area (TPSA) is 29.9 Å². The Balaban J connectivity index is 1.99. The molecule has 1 heterocycles. The maximum Gasteiger partial charge on any atom is 0.0522 e. The van der Waals surface area contributed by atoms with Gasteiger partial charge in [-0.2, -0.15) is 5.10 Å². The lowest BCUT2D eigenvalue weighted by Gasteiger charge is -2.01. The van der Waals surface area contributed by atoms with E-state index in [-0.39, 0.29) is 0 Å². The van der Waals surface area contributed by atoms with E-state index in [4.69, 9.17) is 0 Å². The van der Waals surface area contributed by atoms with E-state index in [9.17, 15) is 0 Å². The van der Waals surface area contributed by atoms with Gasteiger partial charge in [-0.25, -0.2) is 0 Å². The summed E-state index contributed by atoms with van der Waals surface area (Å²) < 4.78 is 3.12. The van der Waals surface area contributed by atoms with E-state index in [1.54, 1.807) is 0 Å². The molecule has 0 atom stereocenters. The fourth-order valence-electron chi connectivity index (χ4n) is 1.30. The Morgan fingerprint density at radius 2 is 2.29 bits per heavy atom. The van der Waals surface area contributed by atoms with E-state index < -0.39 is 0 Å². The largest absolute Gasteiger partial charge is 0.316 e. The van der Waals surface area contributed by atoms with Gasteiger partial charge in [0.2, 0.25) is 0 Å². The first-order chi connectivity index (χ1) is 6.83. The van der Waals surface area contributed by atoms with Crippen LogP contribution in [0.4, 0.5) is 0 Å². The summed E-state index contributed by atoms with van der Waals surface area (Å²) in [5.41, 5.74) is 1.31. The molecule has 0 aromatic carbocycles. The van der Waals surface area contributed by atoms with Crippen LogP contribution in [-0.2, 0) is 13.5 Å². The molecule has 0 aliphatic heterocycles. The first-order valence-corrected chi connectivity index (χ1v) is 6.59. The van der Waals surface area contributed by atoms with E-state index in [1.165, 1.54) is 22.8 Å². The van der Waals surface area contributed by atoms with Crippen molar-refractivity contribution in [1.29, 1.82) is 0 Å². The highest BCUT2D eigenvalue weighted by molar-refractivity contribution is 14.1. The van der Waals surface area contributed by atoms with Gasteiger partial charge in [-0.1, -0.05) is 22.6 Å². The second-order valence-corrected chi connectivity index (χ2v) is 4.50. The number of halogens is 1. The summed E-state index contributed by atoms with van der Waals surface area (Å²) in [6.45, 7) is 2.20. The van der Waals surface area contributed by atoms with Crippen LogP contribution in [-0.4, -0.2) is 27.3 Å². The van der Waals surface area contributed by atoms with Crippen molar-refractivity contribution < 1.29 is 0 Å². The molecule has 1 rings (SSSR count). The summed E-state index contributed by atoms with van der Waals surface area (Å²) in [7, 11) is 1.96. The van der Waals surface area contributed by atoms with Gasteiger partial charge in [0, 0.05) is 13.2 Å². The van der Waals surface area contributed by atoms with Crippen molar-refractivity contribution in [3.63, 3.8) is 0 Å². The quantitative estimate of drug-likeness (QED) is 0.473. The minimum absolute atomic E-state index is 1.06. The third kappa shape index (κ3) is 4.95. The van der Waals surface area contributed by atoms with E-state index in [1.807, 2.05) is 17.9 Å². The van der Waals surface area contributed by atoms with E-state index in [2.05, 4.69) is 39.2 Å². The van der Waals surface area contributed by atoms with Gasteiger partial charge in [0.1, 0.15) is 0 Å². The zero-order chi connectivity index (χ0) is 10.2. The number of alkyl halides is 1. The van der Waals surface area contributed by atoms with Crippen LogP contribution >= 0.6 is 22.6 Å². The van der Waals surface area contributed by atoms with Crippen molar-refractivity contribution in [2.24, 2.45) is 7.05 Å². The second-order valence-electron chi connectivity index (χ2n) is 3.42. The summed E-state index contributed by atoms with van der Waals surface area (Å²) in [5.74, 6) is 0. The summed E-state index contributed by atoms with van der Waals surface area (Å²) in [5, 5.41) is 7.57. The molecule has 0 bridgehead atoms. The number of rotatable bonds is 7. The molecule has 0 saturated heterocycles. The Hall–Kier alpha value is -0.100. The highest BCUT2D eigenvalue weighted by Crippen LogP contribution is 1.96. The zero-order valence-electron chi connectivity index (χ0n) is 8.67. The van der Waals surface area contributed by atoms with Gasteiger partial charge < -0.3 is 5.32 Å². The van der Waals surface area contributed by atoms with Gasteiger partial charge in [-0.15, -0.1) is 0 Å².